The number of benzene rings is 1. The fourth-order valence-electron chi connectivity index (χ4n) is 2.74. The van der Waals surface area contributed by atoms with Crippen molar-refractivity contribution in [3.63, 3.8) is 0 Å². The van der Waals surface area contributed by atoms with Crippen molar-refractivity contribution in [2.75, 3.05) is 18.4 Å². The average Bonchev–Trinajstić information content (AvgIpc) is 2.99. The minimum absolute atomic E-state index is 0.00343. The Hall–Kier alpha value is -1.63. The molecule has 2 N–H and O–H groups in total. The van der Waals surface area contributed by atoms with Gasteiger partial charge in [0.15, 0.2) is 5.13 Å². The maximum absolute atomic E-state index is 12.3. The molecule has 1 amide bonds. The molecular formula is C17H20ClN3O2S. The Morgan fingerprint density at radius 1 is 1.46 bits per heavy atom. The van der Waals surface area contributed by atoms with Crippen LogP contribution in [0.4, 0.5) is 5.13 Å². The molecule has 5 nitrogen and oxygen atoms in total. The minimum atomic E-state index is -0.372. The van der Waals surface area contributed by atoms with Gasteiger partial charge in [0.25, 0.3) is 5.91 Å². The van der Waals surface area contributed by atoms with E-state index in [1.165, 1.54) is 42.4 Å². The number of hydrogen-bond acceptors (Lipinski definition) is 5. The van der Waals surface area contributed by atoms with E-state index in [1.54, 1.807) is 0 Å². The number of anilines is 1. The van der Waals surface area contributed by atoms with E-state index in [9.17, 15) is 9.90 Å². The van der Waals surface area contributed by atoms with Gasteiger partial charge in [0.1, 0.15) is 5.75 Å². The molecule has 1 aromatic heterocycles. The van der Waals surface area contributed by atoms with Crippen molar-refractivity contribution in [3.05, 3.63) is 39.9 Å². The Morgan fingerprint density at radius 2 is 2.21 bits per heavy atom. The van der Waals surface area contributed by atoms with Crippen LogP contribution in [0.15, 0.2) is 23.6 Å². The summed E-state index contributed by atoms with van der Waals surface area (Å²) in [7, 11) is 0. The molecule has 0 aliphatic carbocycles. The molecular weight excluding hydrogens is 346 g/mol. The summed E-state index contributed by atoms with van der Waals surface area (Å²) in [5.41, 5.74) is 1.20. The van der Waals surface area contributed by atoms with Crippen molar-refractivity contribution in [1.82, 2.24) is 9.88 Å². The van der Waals surface area contributed by atoms with Crippen molar-refractivity contribution in [3.8, 4) is 5.75 Å². The molecule has 1 saturated heterocycles. The fourth-order valence-corrected chi connectivity index (χ4v) is 3.64. The number of likely N-dealkylation sites (tertiary alicyclic amines) is 1. The largest absolute Gasteiger partial charge is 0.508 e. The van der Waals surface area contributed by atoms with E-state index in [0.717, 1.165) is 31.2 Å². The lowest BCUT2D eigenvalue weighted by Gasteiger charge is -2.29. The average molecular weight is 366 g/mol. The first kappa shape index (κ1) is 17.2. The summed E-state index contributed by atoms with van der Waals surface area (Å²) in [6.07, 6.45) is 2.45. The molecule has 1 aromatic carbocycles. The second kappa shape index (κ2) is 7.51. The Bertz CT molecular complexity index is 726. The van der Waals surface area contributed by atoms with Crippen LogP contribution < -0.4 is 5.32 Å². The summed E-state index contributed by atoms with van der Waals surface area (Å²) in [6, 6.07) is 4.29. The zero-order valence-electron chi connectivity index (χ0n) is 13.5. The van der Waals surface area contributed by atoms with Crippen LogP contribution in [-0.4, -0.2) is 34.0 Å². The Kier molecular flexibility index (Phi) is 5.38. The van der Waals surface area contributed by atoms with Gasteiger partial charge in [-0.1, -0.05) is 18.5 Å². The topological polar surface area (TPSA) is 65.5 Å². The minimum Gasteiger partial charge on any atom is -0.508 e. The predicted octanol–water partition coefficient (Wildman–Crippen LogP) is 3.99. The van der Waals surface area contributed by atoms with Gasteiger partial charge in [-0.05, 0) is 50.0 Å². The number of halogens is 1. The number of rotatable bonds is 4. The van der Waals surface area contributed by atoms with Crippen LogP contribution in [-0.2, 0) is 6.54 Å². The second-order valence-electron chi connectivity index (χ2n) is 6.22. The number of aromatic nitrogens is 1. The smallest absolute Gasteiger partial charge is 0.259 e. The number of phenols is 1. The zero-order chi connectivity index (χ0) is 17.1. The fraction of sp³-hybridized carbons (Fsp3) is 0.412. The summed E-state index contributed by atoms with van der Waals surface area (Å²) in [4.78, 5) is 19.1. The van der Waals surface area contributed by atoms with Crippen molar-refractivity contribution in [1.29, 1.82) is 0 Å². The maximum atomic E-state index is 12.3. The first-order chi connectivity index (χ1) is 11.5. The summed E-state index contributed by atoms with van der Waals surface area (Å²) >= 11 is 7.40. The third kappa shape index (κ3) is 4.26. The molecule has 1 fully saturated rings. The van der Waals surface area contributed by atoms with Crippen LogP contribution in [0.2, 0.25) is 5.02 Å². The predicted molar refractivity (Wildman–Crippen MR) is 96.9 cm³/mol. The van der Waals surface area contributed by atoms with Gasteiger partial charge in [-0.15, -0.1) is 11.3 Å². The van der Waals surface area contributed by atoms with Crippen molar-refractivity contribution in [2.24, 2.45) is 5.92 Å². The molecule has 2 heterocycles. The number of phenolic OH excluding ortho intramolecular Hbond substituents is 1. The first-order valence-electron chi connectivity index (χ1n) is 7.98. The second-order valence-corrected chi connectivity index (χ2v) is 7.49. The normalized spacial score (nSPS) is 16.2. The van der Waals surface area contributed by atoms with Gasteiger partial charge in [0, 0.05) is 11.9 Å². The quantitative estimate of drug-likeness (QED) is 0.859. The lowest BCUT2D eigenvalue weighted by molar-refractivity contribution is 0.102. The van der Waals surface area contributed by atoms with Gasteiger partial charge in [-0.25, -0.2) is 4.98 Å². The molecule has 24 heavy (non-hydrogen) atoms. The molecule has 2 aromatic rings. The molecule has 0 spiro atoms. The summed E-state index contributed by atoms with van der Waals surface area (Å²) in [5, 5.41) is 15.1. The maximum Gasteiger partial charge on any atom is 0.259 e. The molecule has 0 atom stereocenters. The van der Waals surface area contributed by atoms with Crippen LogP contribution in [0.5, 0.6) is 5.75 Å². The van der Waals surface area contributed by atoms with E-state index in [2.05, 4.69) is 22.1 Å². The van der Waals surface area contributed by atoms with Crippen LogP contribution in [0.1, 0.15) is 35.8 Å². The molecule has 0 bridgehead atoms. The van der Waals surface area contributed by atoms with Gasteiger partial charge in [-0.2, -0.15) is 0 Å². The molecule has 0 saturated carbocycles. The van der Waals surface area contributed by atoms with Crippen LogP contribution in [0, 0.1) is 5.92 Å². The summed E-state index contributed by atoms with van der Waals surface area (Å²) in [6.45, 7) is 5.30. The molecule has 0 unspecified atom stereocenters. The number of hydrogen-bond donors (Lipinski definition) is 2. The van der Waals surface area contributed by atoms with Gasteiger partial charge in [0.05, 0.1) is 16.3 Å². The Morgan fingerprint density at radius 3 is 2.96 bits per heavy atom. The molecule has 1 aliphatic heterocycles. The highest BCUT2D eigenvalue weighted by atomic mass is 35.5. The summed E-state index contributed by atoms with van der Waals surface area (Å²) < 4.78 is 0. The van der Waals surface area contributed by atoms with E-state index in [-0.39, 0.29) is 17.2 Å². The zero-order valence-corrected chi connectivity index (χ0v) is 15.0. The van der Waals surface area contributed by atoms with Gasteiger partial charge < -0.3 is 5.11 Å². The Labute approximate surface area is 150 Å². The van der Waals surface area contributed by atoms with Crippen LogP contribution in [0.3, 0.4) is 0 Å². The number of aromatic hydroxyl groups is 1. The van der Waals surface area contributed by atoms with E-state index >= 15 is 0 Å². The molecule has 128 valence electrons. The third-order valence-electron chi connectivity index (χ3n) is 4.23. The van der Waals surface area contributed by atoms with E-state index in [0.29, 0.717) is 10.2 Å². The lowest BCUT2D eigenvalue weighted by atomic mass is 9.99. The van der Waals surface area contributed by atoms with E-state index in [4.69, 9.17) is 11.6 Å². The number of piperidine rings is 1. The first-order valence-corrected chi connectivity index (χ1v) is 9.23. The molecule has 3 rings (SSSR count). The number of thiazole rings is 1. The highest BCUT2D eigenvalue weighted by Gasteiger charge is 2.18. The van der Waals surface area contributed by atoms with Crippen molar-refractivity contribution in [2.45, 2.75) is 26.3 Å². The number of carbonyl (C=O) groups is 1. The highest BCUT2D eigenvalue weighted by Crippen LogP contribution is 2.24. The van der Waals surface area contributed by atoms with Crippen molar-refractivity contribution >= 4 is 34.0 Å². The van der Waals surface area contributed by atoms with Crippen molar-refractivity contribution < 1.29 is 9.90 Å². The van der Waals surface area contributed by atoms with Crippen LogP contribution >= 0.6 is 22.9 Å². The molecule has 0 radical (unpaired) electrons. The SMILES string of the molecule is CC1CCN(Cc2csc(NC(=O)c3cc(O)ccc3Cl)n2)CC1. The summed E-state index contributed by atoms with van der Waals surface area (Å²) in [5.74, 6) is 0.436. The van der Waals surface area contributed by atoms with E-state index in [1.807, 2.05) is 5.38 Å². The van der Waals surface area contributed by atoms with E-state index < -0.39 is 0 Å². The molecule has 1 aliphatic rings. The standard InChI is InChI=1S/C17H20ClN3O2S/c1-11-4-6-21(7-5-11)9-12-10-24-17(19-12)20-16(23)14-8-13(22)2-3-15(14)18/h2-3,8,10-11,22H,4-7,9H2,1H3,(H,19,20,23). The number of nitrogens with one attached hydrogen (secondary N) is 1. The molecule has 7 heteroatoms. The lowest BCUT2D eigenvalue weighted by Crippen LogP contribution is -2.32. The van der Waals surface area contributed by atoms with Gasteiger partial charge in [-0.3, -0.25) is 15.0 Å². The Balaban J connectivity index is 1.61. The highest BCUT2D eigenvalue weighted by molar-refractivity contribution is 7.14. The number of amides is 1. The number of carbonyl (C=O) groups excluding carboxylic acids is 1. The van der Waals surface area contributed by atoms with Gasteiger partial charge in [0.2, 0.25) is 0 Å². The number of nitrogens with zero attached hydrogens (tertiary/aromatic N) is 2. The van der Waals surface area contributed by atoms with Gasteiger partial charge >= 0.3 is 0 Å². The van der Waals surface area contributed by atoms with Crippen LogP contribution in [0.25, 0.3) is 0 Å². The monoisotopic (exact) mass is 365 g/mol. The third-order valence-corrected chi connectivity index (χ3v) is 5.36.